The van der Waals surface area contributed by atoms with Crippen LogP contribution in [0.1, 0.15) is 61.0 Å². The van der Waals surface area contributed by atoms with Crippen molar-refractivity contribution >= 4 is 16.9 Å². The molecule has 2 rings (SSSR count). The number of aliphatic hydroxyl groups is 1. The van der Waals surface area contributed by atoms with Gasteiger partial charge in [0.2, 0.25) is 0 Å². The van der Waals surface area contributed by atoms with E-state index in [9.17, 15) is 15.0 Å². The zero-order chi connectivity index (χ0) is 15.7. The molecule has 0 radical (unpaired) electrons. The Kier molecular flexibility index (Phi) is 4.37. The van der Waals surface area contributed by atoms with Crippen molar-refractivity contribution in [2.24, 2.45) is 0 Å². The smallest absolute Gasteiger partial charge is 0.335 e. The second kappa shape index (κ2) is 5.90. The number of benzene rings is 1. The van der Waals surface area contributed by atoms with Gasteiger partial charge in [0.25, 0.3) is 0 Å². The van der Waals surface area contributed by atoms with Crippen LogP contribution in [-0.4, -0.2) is 27.4 Å². The fourth-order valence-corrected chi connectivity index (χ4v) is 2.81. The van der Waals surface area contributed by atoms with Gasteiger partial charge >= 0.3 is 5.97 Å². The van der Waals surface area contributed by atoms with E-state index < -0.39 is 5.97 Å². The lowest BCUT2D eigenvalue weighted by Gasteiger charge is -2.13. The summed E-state index contributed by atoms with van der Waals surface area (Å²) in [7, 11) is 0. The van der Waals surface area contributed by atoms with Crippen molar-refractivity contribution < 1.29 is 15.0 Å². The van der Waals surface area contributed by atoms with Gasteiger partial charge in [-0.3, -0.25) is 0 Å². The summed E-state index contributed by atoms with van der Waals surface area (Å²) in [5.41, 5.74) is 3.52. The summed E-state index contributed by atoms with van der Waals surface area (Å²) in [4.78, 5) is 11.4. The highest BCUT2D eigenvalue weighted by atomic mass is 16.4. The molecular weight excluding hydrogens is 266 g/mol. The normalized spacial score (nSPS) is 11.8. The standard InChI is InChI=1S/C17H23NO3/c1-10(2)13-7-12(17(20)21)8-14-15(11(3)4)9-18(5-6-19)16(13)14/h7-11,19H,5-6H2,1-4H3,(H,20,21). The molecule has 2 N–H and O–H groups in total. The third-order valence-corrected chi connectivity index (χ3v) is 3.86. The zero-order valence-electron chi connectivity index (χ0n) is 13.1. The Hall–Kier alpha value is -1.81. The lowest BCUT2D eigenvalue weighted by atomic mass is 9.94. The quantitative estimate of drug-likeness (QED) is 0.884. The van der Waals surface area contributed by atoms with Gasteiger partial charge in [-0.1, -0.05) is 27.7 Å². The maximum absolute atomic E-state index is 11.4. The fraction of sp³-hybridized carbons (Fsp3) is 0.471. The van der Waals surface area contributed by atoms with E-state index in [1.807, 2.05) is 10.8 Å². The molecule has 4 heteroatoms. The molecule has 0 fully saturated rings. The molecule has 2 aromatic rings. The Morgan fingerprint density at radius 2 is 1.76 bits per heavy atom. The minimum Gasteiger partial charge on any atom is -0.478 e. The molecule has 0 aliphatic carbocycles. The molecule has 0 amide bonds. The first-order valence-electron chi connectivity index (χ1n) is 7.37. The third kappa shape index (κ3) is 2.81. The lowest BCUT2D eigenvalue weighted by molar-refractivity contribution is 0.0697. The predicted molar refractivity (Wildman–Crippen MR) is 84.2 cm³/mol. The molecule has 0 bridgehead atoms. The Bertz CT molecular complexity index is 668. The molecule has 0 saturated carbocycles. The highest BCUT2D eigenvalue weighted by molar-refractivity contribution is 5.97. The molecule has 1 aromatic heterocycles. The highest BCUT2D eigenvalue weighted by Gasteiger charge is 2.19. The minimum absolute atomic E-state index is 0.0690. The molecule has 114 valence electrons. The SMILES string of the molecule is CC(C)c1cn(CCO)c2c(C(C)C)cc(C(=O)O)cc12. The van der Waals surface area contributed by atoms with Crippen LogP contribution in [0.3, 0.4) is 0 Å². The first kappa shape index (κ1) is 15.6. The van der Waals surface area contributed by atoms with E-state index in [0.29, 0.717) is 18.0 Å². The van der Waals surface area contributed by atoms with Crippen LogP contribution >= 0.6 is 0 Å². The highest BCUT2D eigenvalue weighted by Crippen LogP contribution is 2.34. The molecule has 0 saturated heterocycles. The molecule has 1 aromatic carbocycles. The molecule has 21 heavy (non-hydrogen) atoms. The second-order valence-electron chi connectivity index (χ2n) is 6.08. The van der Waals surface area contributed by atoms with Crippen LogP contribution in [-0.2, 0) is 6.54 Å². The zero-order valence-corrected chi connectivity index (χ0v) is 13.1. The summed E-state index contributed by atoms with van der Waals surface area (Å²) in [5.74, 6) is -0.376. The molecule has 0 unspecified atom stereocenters. The van der Waals surface area contributed by atoms with E-state index in [2.05, 4.69) is 27.7 Å². The monoisotopic (exact) mass is 289 g/mol. The number of aliphatic hydroxyl groups excluding tert-OH is 1. The average Bonchev–Trinajstić information content (AvgIpc) is 2.77. The molecule has 0 spiro atoms. The van der Waals surface area contributed by atoms with E-state index >= 15 is 0 Å². The van der Waals surface area contributed by atoms with Crippen LogP contribution in [0.5, 0.6) is 0 Å². The van der Waals surface area contributed by atoms with Crippen molar-refractivity contribution in [3.05, 3.63) is 35.0 Å². The number of carboxylic acids is 1. The number of aromatic carboxylic acids is 1. The summed E-state index contributed by atoms with van der Waals surface area (Å²) in [5, 5.41) is 19.6. The predicted octanol–water partition coefficient (Wildman–Crippen LogP) is 3.58. The Labute approximate surface area is 125 Å². The summed E-state index contributed by atoms with van der Waals surface area (Å²) in [6.07, 6.45) is 2.04. The van der Waals surface area contributed by atoms with Gasteiger partial charge < -0.3 is 14.8 Å². The topological polar surface area (TPSA) is 62.5 Å². The van der Waals surface area contributed by atoms with E-state index in [0.717, 1.165) is 22.0 Å². The number of carboxylic acid groups (broad SMARTS) is 1. The van der Waals surface area contributed by atoms with Gasteiger partial charge in [-0.2, -0.15) is 0 Å². The van der Waals surface area contributed by atoms with Gasteiger partial charge in [-0.15, -0.1) is 0 Å². The number of rotatable bonds is 5. The number of fused-ring (bicyclic) bond motifs is 1. The molecule has 0 aliphatic rings. The second-order valence-corrected chi connectivity index (χ2v) is 6.08. The molecule has 0 atom stereocenters. The maximum Gasteiger partial charge on any atom is 0.335 e. The number of nitrogens with zero attached hydrogens (tertiary/aromatic N) is 1. The van der Waals surface area contributed by atoms with Crippen molar-refractivity contribution in [3.8, 4) is 0 Å². The number of aromatic nitrogens is 1. The number of carbonyl (C=O) groups is 1. The Balaban J connectivity index is 2.86. The molecule has 4 nitrogen and oxygen atoms in total. The van der Waals surface area contributed by atoms with Gasteiger partial charge in [0.05, 0.1) is 17.7 Å². The van der Waals surface area contributed by atoms with Crippen molar-refractivity contribution in [1.82, 2.24) is 4.57 Å². The lowest BCUT2D eigenvalue weighted by Crippen LogP contribution is -2.05. The molecule has 1 heterocycles. The largest absolute Gasteiger partial charge is 0.478 e. The Morgan fingerprint density at radius 3 is 2.24 bits per heavy atom. The number of hydrogen-bond acceptors (Lipinski definition) is 2. The van der Waals surface area contributed by atoms with Crippen LogP contribution in [0.15, 0.2) is 18.3 Å². The molecule has 0 aliphatic heterocycles. The Morgan fingerprint density at radius 1 is 1.14 bits per heavy atom. The summed E-state index contributed by atoms with van der Waals surface area (Å²) in [6.45, 7) is 8.91. The first-order valence-corrected chi connectivity index (χ1v) is 7.37. The summed E-state index contributed by atoms with van der Waals surface area (Å²) in [6, 6.07) is 3.51. The van der Waals surface area contributed by atoms with Gasteiger partial charge in [0.15, 0.2) is 0 Å². The summed E-state index contributed by atoms with van der Waals surface area (Å²) >= 11 is 0. The van der Waals surface area contributed by atoms with Crippen molar-refractivity contribution in [2.75, 3.05) is 6.61 Å². The maximum atomic E-state index is 11.4. The third-order valence-electron chi connectivity index (χ3n) is 3.86. The van der Waals surface area contributed by atoms with Gasteiger partial charge in [0, 0.05) is 18.1 Å². The van der Waals surface area contributed by atoms with Gasteiger partial charge in [-0.05, 0) is 35.1 Å². The average molecular weight is 289 g/mol. The van der Waals surface area contributed by atoms with Crippen LogP contribution in [0.4, 0.5) is 0 Å². The van der Waals surface area contributed by atoms with Crippen molar-refractivity contribution in [1.29, 1.82) is 0 Å². The van der Waals surface area contributed by atoms with E-state index in [1.165, 1.54) is 0 Å². The van der Waals surface area contributed by atoms with Crippen LogP contribution < -0.4 is 0 Å². The van der Waals surface area contributed by atoms with Crippen molar-refractivity contribution in [2.45, 2.75) is 46.1 Å². The van der Waals surface area contributed by atoms with E-state index in [4.69, 9.17) is 0 Å². The van der Waals surface area contributed by atoms with E-state index in [-0.39, 0.29) is 12.5 Å². The van der Waals surface area contributed by atoms with Crippen molar-refractivity contribution in [3.63, 3.8) is 0 Å². The van der Waals surface area contributed by atoms with Crippen LogP contribution in [0.25, 0.3) is 10.9 Å². The molecular formula is C17H23NO3. The van der Waals surface area contributed by atoms with Gasteiger partial charge in [0.1, 0.15) is 0 Å². The van der Waals surface area contributed by atoms with Gasteiger partial charge in [-0.25, -0.2) is 4.79 Å². The van der Waals surface area contributed by atoms with E-state index in [1.54, 1.807) is 12.1 Å². The van der Waals surface area contributed by atoms with Crippen LogP contribution in [0, 0.1) is 0 Å². The number of hydrogen-bond donors (Lipinski definition) is 2. The summed E-state index contributed by atoms with van der Waals surface area (Å²) < 4.78 is 2.05. The minimum atomic E-state index is -0.900. The fourth-order valence-electron chi connectivity index (χ4n) is 2.81. The van der Waals surface area contributed by atoms with Crippen LogP contribution in [0.2, 0.25) is 0 Å². The first-order chi connectivity index (χ1) is 9.86.